The second kappa shape index (κ2) is 7.59. The van der Waals surface area contributed by atoms with Gasteiger partial charge in [-0.2, -0.15) is 8.78 Å². The summed E-state index contributed by atoms with van der Waals surface area (Å²) >= 11 is 0. The van der Waals surface area contributed by atoms with Crippen molar-refractivity contribution in [1.82, 2.24) is 4.90 Å². The van der Waals surface area contributed by atoms with Crippen LogP contribution in [-0.2, 0) is 10.3 Å². The Kier molecular flexibility index (Phi) is 5.09. The number of rotatable bonds is 5. The third-order valence-electron chi connectivity index (χ3n) is 5.79. The highest BCUT2D eigenvalue weighted by molar-refractivity contribution is 6.09. The Morgan fingerprint density at radius 1 is 1.20 bits per heavy atom. The van der Waals surface area contributed by atoms with E-state index in [1.807, 2.05) is 24.3 Å². The van der Waals surface area contributed by atoms with Gasteiger partial charge in [-0.15, -0.1) is 0 Å². The van der Waals surface area contributed by atoms with Crippen LogP contribution >= 0.6 is 0 Å². The number of benzene rings is 2. The van der Waals surface area contributed by atoms with E-state index in [2.05, 4.69) is 21.6 Å². The molecule has 6 nitrogen and oxygen atoms in total. The van der Waals surface area contributed by atoms with Crippen molar-refractivity contribution in [3.05, 3.63) is 59.7 Å². The number of aliphatic imine (C=N–C) groups is 1. The average Bonchev–Trinajstić information content (AvgIpc) is 3.26. The van der Waals surface area contributed by atoms with E-state index < -0.39 is 12.2 Å². The molecule has 0 spiro atoms. The maximum absolute atomic E-state index is 13.4. The van der Waals surface area contributed by atoms with Crippen LogP contribution in [0.5, 0.6) is 5.75 Å². The Bertz CT molecular complexity index is 979. The molecular formula is C22H24F2N4O2. The standard InChI is InChI=1S/C22H24F2N4O2/c1-14-10-11-28(13-14)17-5-3-4-16(12-17)22(19(29)27(2)21(25)26-22)15-6-8-18(9-7-15)30-20(23)24/h3-9,12,14,20H,10-11,13H2,1-2H3,(H2,25,26). The zero-order chi connectivity index (χ0) is 21.5. The Labute approximate surface area is 173 Å². The molecule has 2 atom stereocenters. The molecule has 2 aromatic carbocycles. The molecule has 2 heterocycles. The number of hydrogen-bond acceptors (Lipinski definition) is 5. The van der Waals surface area contributed by atoms with Crippen molar-refractivity contribution in [1.29, 1.82) is 0 Å². The van der Waals surface area contributed by atoms with E-state index in [1.165, 1.54) is 17.0 Å². The minimum atomic E-state index is -2.92. The molecule has 0 aromatic heterocycles. The molecular weight excluding hydrogens is 390 g/mol. The topological polar surface area (TPSA) is 71.2 Å². The van der Waals surface area contributed by atoms with E-state index in [-0.39, 0.29) is 17.6 Å². The summed E-state index contributed by atoms with van der Waals surface area (Å²) in [6, 6.07) is 13.7. The van der Waals surface area contributed by atoms with Crippen molar-refractivity contribution >= 4 is 17.6 Å². The number of ether oxygens (including phenoxy) is 1. The lowest BCUT2D eigenvalue weighted by Gasteiger charge is -2.28. The maximum Gasteiger partial charge on any atom is 0.387 e. The first-order valence-corrected chi connectivity index (χ1v) is 9.85. The van der Waals surface area contributed by atoms with Crippen LogP contribution < -0.4 is 15.4 Å². The van der Waals surface area contributed by atoms with Gasteiger partial charge >= 0.3 is 6.61 Å². The Hall–Kier alpha value is -3.16. The van der Waals surface area contributed by atoms with Crippen molar-refractivity contribution < 1.29 is 18.3 Å². The largest absolute Gasteiger partial charge is 0.435 e. The lowest BCUT2D eigenvalue weighted by Crippen LogP contribution is -2.41. The minimum Gasteiger partial charge on any atom is -0.435 e. The molecule has 2 aromatic rings. The van der Waals surface area contributed by atoms with Crippen molar-refractivity contribution in [2.75, 3.05) is 25.0 Å². The number of carbonyl (C=O) groups excluding carboxylic acids is 1. The van der Waals surface area contributed by atoms with E-state index in [4.69, 9.17) is 5.73 Å². The van der Waals surface area contributed by atoms with Gasteiger partial charge in [-0.25, -0.2) is 4.99 Å². The summed E-state index contributed by atoms with van der Waals surface area (Å²) in [7, 11) is 1.57. The summed E-state index contributed by atoms with van der Waals surface area (Å²) in [5.74, 6) is 0.430. The number of hydrogen-bond donors (Lipinski definition) is 1. The van der Waals surface area contributed by atoms with Gasteiger partial charge in [-0.3, -0.25) is 9.69 Å². The van der Waals surface area contributed by atoms with E-state index in [0.717, 1.165) is 25.2 Å². The van der Waals surface area contributed by atoms with Crippen LogP contribution in [0.25, 0.3) is 0 Å². The first-order chi connectivity index (χ1) is 14.3. The highest BCUT2D eigenvalue weighted by Crippen LogP contribution is 2.41. The highest BCUT2D eigenvalue weighted by Gasteiger charge is 2.49. The number of guanidine groups is 1. The molecule has 0 aliphatic carbocycles. The molecule has 8 heteroatoms. The summed E-state index contributed by atoms with van der Waals surface area (Å²) in [5.41, 5.74) is 6.88. The molecule has 1 saturated heterocycles. The predicted octanol–water partition coefficient (Wildman–Crippen LogP) is 3.16. The normalized spacial score (nSPS) is 24.0. The second-order valence-corrected chi connectivity index (χ2v) is 7.84. The molecule has 30 heavy (non-hydrogen) atoms. The molecule has 2 unspecified atom stereocenters. The van der Waals surface area contributed by atoms with Gasteiger partial charge in [0.05, 0.1) is 0 Å². The molecule has 2 aliphatic heterocycles. The number of carbonyl (C=O) groups is 1. The molecule has 0 bridgehead atoms. The van der Waals surface area contributed by atoms with Crippen molar-refractivity contribution in [2.45, 2.75) is 25.5 Å². The van der Waals surface area contributed by atoms with E-state index in [0.29, 0.717) is 17.0 Å². The van der Waals surface area contributed by atoms with Gasteiger partial charge in [-0.1, -0.05) is 31.2 Å². The van der Waals surface area contributed by atoms with Crippen LogP contribution in [0.3, 0.4) is 0 Å². The number of nitrogens with zero attached hydrogens (tertiary/aromatic N) is 3. The lowest BCUT2D eigenvalue weighted by atomic mass is 9.82. The van der Waals surface area contributed by atoms with Gasteiger partial charge in [0.25, 0.3) is 5.91 Å². The molecule has 1 amide bonds. The van der Waals surface area contributed by atoms with Crippen LogP contribution in [0.1, 0.15) is 24.5 Å². The number of amides is 1. The first-order valence-electron chi connectivity index (χ1n) is 9.85. The van der Waals surface area contributed by atoms with Crippen LogP contribution in [0.15, 0.2) is 53.5 Å². The summed E-state index contributed by atoms with van der Waals surface area (Å²) in [5, 5.41) is 0. The maximum atomic E-state index is 13.4. The predicted molar refractivity (Wildman–Crippen MR) is 111 cm³/mol. The van der Waals surface area contributed by atoms with Crippen molar-refractivity contribution in [3.63, 3.8) is 0 Å². The number of anilines is 1. The Morgan fingerprint density at radius 2 is 1.93 bits per heavy atom. The van der Waals surface area contributed by atoms with E-state index >= 15 is 0 Å². The minimum absolute atomic E-state index is 0.0134. The van der Waals surface area contributed by atoms with Crippen molar-refractivity contribution in [2.24, 2.45) is 16.6 Å². The van der Waals surface area contributed by atoms with Crippen LogP contribution in [0.4, 0.5) is 14.5 Å². The van der Waals surface area contributed by atoms with Gasteiger partial charge in [0.15, 0.2) is 11.5 Å². The van der Waals surface area contributed by atoms with Crippen LogP contribution in [-0.4, -0.2) is 43.5 Å². The Balaban J connectivity index is 1.80. The number of alkyl halides is 2. The van der Waals surface area contributed by atoms with Crippen molar-refractivity contribution in [3.8, 4) is 5.75 Å². The van der Waals surface area contributed by atoms with Gasteiger partial charge < -0.3 is 15.4 Å². The first kappa shape index (κ1) is 20.1. The quantitative estimate of drug-likeness (QED) is 0.816. The molecule has 4 rings (SSSR count). The monoisotopic (exact) mass is 414 g/mol. The summed E-state index contributed by atoms with van der Waals surface area (Å²) in [6.45, 7) is 1.21. The molecule has 0 radical (unpaired) electrons. The number of halogens is 2. The third-order valence-corrected chi connectivity index (χ3v) is 5.79. The van der Waals surface area contributed by atoms with Gasteiger partial charge in [0, 0.05) is 25.8 Å². The molecule has 158 valence electrons. The molecule has 1 fully saturated rings. The number of nitrogens with two attached hydrogens (primary N) is 1. The summed E-state index contributed by atoms with van der Waals surface area (Å²) in [4.78, 5) is 21.5. The van der Waals surface area contributed by atoms with Gasteiger partial charge in [-0.05, 0) is 47.7 Å². The molecule has 2 N–H and O–H groups in total. The van der Waals surface area contributed by atoms with E-state index in [9.17, 15) is 13.6 Å². The van der Waals surface area contributed by atoms with Crippen LogP contribution in [0.2, 0.25) is 0 Å². The highest BCUT2D eigenvalue weighted by atomic mass is 19.3. The fourth-order valence-electron chi connectivity index (χ4n) is 4.16. The lowest BCUT2D eigenvalue weighted by molar-refractivity contribution is -0.129. The fourth-order valence-corrected chi connectivity index (χ4v) is 4.16. The average molecular weight is 414 g/mol. The molecule has 0 saturated carbocycles. The zero-order valence-electron chi connectivity index (χ0n) is 16.9. The molecule has 2 aliphatic rings. The third kappa shape index (κ3) is 3.36. The second-order valence-electron chi connectivity index (χ2n) is 7.84. The van der Waals surface area contributed by atoms with Crippen LogP contribution in [0, 0.1) is 5.92 Å². The Morgan fingerprint density at radius 3 is 2.50 bits per heavy atom. The zero-order valence-corrected chi connectivity index (χ0v) is 16.9. The fraction of sp³-hybridized carbons (Fsp3) is 0.364. The summed E-state index contributed by atoms with van der Waals surface area (Å²) in [6.07, 6.45) is 1.12. The summed E-state index contributed by atoms with van der Waals surface area (Å²) < 4.78 is 29.5. The van der Waals surface area contributed by atoms with Gasteiger partial charge in [0.1, 0.15) is 5.75 Å². The number of likely N-dealkylation sites (N-methyl/N-ethyl adjacent to an activating group) is 1. The van der Waals surface area contributed by atoms with Gasteiger partial charge in [0.2, 0.25) is 0 Å². The smallest absolute Gasteiger partial charge is 0.387 e. The van der Waals surface area contributed by atoms with E-state index in [1.54, 1.807) is 19.2 Å². The SMILES string of the molecule is CC1CCN(c2cccc(C3(c4ccc(OC(F)F)cc4)N=C(N)N(C)C3=O)c2)C1.